The number of hydrogen-bond acceptors (Lipinski definition) is 3. The van der Waals surface area contributed by atoms with Crippen LogP contribution >= 0.6 is 15.9 Å². The van der Waals surface area contributed by atoms with Crippen LogP contribution in [0.25, 0.3) is 0 Å². The Morgan fingerprint density at radius 1 is 1.43 bits per heavy atom. The van der Waals surface area contributed by atoms with E-state index in [0.29, 0.717) is 29.9 Å². The Hall–Kier alpha value is -1.30. The summed E-state index contributed by atoms with van der Waals surface area (Å²) in [6.45, 7) is 7.19. The average Bonchev–Trinajstić information content (AvgIpc) is 2.29. The molecule has 1 heterocycles. The Morgan fingerprint density at radius 3 is 2.67 bits per heavy atom. The van der Waals surface area contributed by atoms with Gasteiger partial charge in [-0.05, 0) is 48.8 Å². The highest BCUT2D eigenvalue weighted by atomic mass is 79.9. The van der Waals surface area contributed by atoms with Gasteiger partial charge in [0.1, 0.15) is 17.2 Å². The predicted molar refractivity (Wildman–Crippen MR) is 80.9 cm³/mol. The SMILES string of the molecule is CC(C)(C)OC(=O)N1CC(COc2ccc(Br)c(F)c2)C1. The molecule has 1 aliphatic rings. The summed E-state index contributed by atoms with van der Waals surface area (Å²) in [7, 11) is 0. The molecule has 6 heteroatoms. The van der Waals surface area contributed by atoms with E-state index in [4.69, 9.17) is 9.47 Å². The molecule has 0 aromatic heterocycles. The topological polar surface area (TPSA) is 38.8 Å². The van der Waals surface area contributed by atoms with Crippen molar-refractivity contribution in [3.05, 3.63) is 28.5 Å². The van der Waals surface area contributed by atoms with Crippen LogP contribution in [-0.2, 0) is 4.74 Å². The lowest BCUT2D eigenvalue weighted by molar-refractivity contribution is -0.00782. The molecule has 1 aromatic rings. The number of ether oxygens (including phenoxy) is 2. The lowest BCUT2D eigenvalue weighted by atomic mass is 10.0. The first-order valence-corrected chi connectivity index (χ1v) is 7.59. The molecule has 0 aliphatic carbocycles. The highest BCUT2D eigenvalue weighted by Crippen LogP contribution is 2.23. The maximum absolute atomic E-state index is 13.3. The molecule has 21 heavy (non-hydrogen) atoms. The fourth-order valence-electron chi connectivity index (χ4n) is 1.93. The minimum Gasteiger partial charge on any atom is -0.493 e. The van der Waals surface area contributed by atoms with Crippen LogP contribution in [0.5, 0.6) is 5.75 Å². The normalized spacial score (nSPS) is 15.6. The second-order valence-electron chi connectivity index (χ2n) is 6.14. The van der Waals surface area contributed by atoms with Crippen molar-refractivity contribution in [1.29, 1.82) is 0 Å². The van der Waals surface area contributed by atoms with Gasteiger partial charge in [-0.1, -0.05) is 0 Å². The Balaban J connectivity index is 1.73. The van der Waals surface area contributed by atoms with Gasteiger partial charge in [0.25, 0.3) is 0 Å². The van der Waals surface area contributed by atoms with Crippen LogP contribution in [0.3, 0.4) is 0 Å². The van der Waals surface area contributed by atoms with Gasteiger partial charge in [0.05, 0.1) is 11.1 Å². The highest BCUT2D eigenvalue weighted by molar-refractivity contribution is 9.10. The number of nitrogens with zero attached hydrogens (tertiary/aromatic N) is 1. The number of halogens is 2. The molecule has 1 aromatic carbocycles. The van der Waals surface area contributed by atoms with Crippen molar-refractivity contribution in [3.8, 4) is 5.75 Å². The third kappa shape index (κ3) is 4.59. The lowest BCUT2D eigenvalue weighted by Gasteiger charge is -2.39. The number of hydrogen-bond donors (Lipinski definition) is 0. The van der Waals surface area contributed by atoms with Crippen LogP contribution in [0.2, 0.25) is 0 Å². The van der Waals surface area contributed by atoms with Crippen LogP contribution in [0, 0.1) is 11.7 Å². The monoisotopic (exact) mass is 359 g/mol. The van der Waals surface area contributed by atoms with Crippen molar-refractivity contribution in [2.24, 2.45) is 5.92 Å². The number of amides is 1. The maximum Gasteiger partial charge on any atom is 0.410 e. The molecule has 1 aliphatic heterocycles. The van der Waals surface area contributed by atoms with E-state index < -0.39 is 5.60 Å². The minimum absolute atomic E-state index is 0.254. The van der Waals surface area contributed by atoms with E-state index in [1.165, 1.54) is 6.07 Å². The third-order valence-corrected chi connectivity index (χ3v) is 3.63. The summed E-state index contributed by atoms with van der Waals surface area (Å²) >= 11 is 3.09. The summed E-state index contributed by atoms with van der Waals surface area (Å²) < 4.78 is 24.5. The Kier molecular flexibility index (Phi) is 4.76. The summed E-state index contributed by atoms with van der Waals surface area (Å²) in [6, 6.07) is 4.66. The van der Waals surface area contributed by atoms with Crippen LogP contribution in [0.15, 0.2) is 22.7 Å². The van der Waals surface area contributed by atoms with Gasteiger partial charge >= 0.3 is 6.09 Å². The van der Waals surface area contributed by atoms with Gasteiger partial charge in [-0.3, -0.25) is 0 Å². The quantitative estimate of drug-likeness (QED) is 0.822. The van der Waals surface area contributed by atoms with Crippen molar-refractivity contribution >= 4 is 22.0 Å². The smallest absolute Gasteiger partial charge is 0.410 e. The van der Waals surface area contributed by atoms with Gasteiger partial charge in [-0.25, -0.2) is 9.18 Å². The highest BCUT2D eigenvalue weighted by Gasteiger charge is 2.34. The van der Waals surface area contributed by atoms with Crippen molar-refractivity contribution in [2.45, 2.75) is 26.4 Å². The maximum atomic E-state index is 13.3. The fraction of sp³-hybridized carbons (Fsp3) is 0.533. The summed E-state index contributed by atoms with van der Waals surface area (Å²) in [5, 5.41) is 0. The molecule has 0 N–H and O–H groups in total. The molecule has 0 atom stereocenters. The predicted octanol–water partition coefficient (Wildman–Crippen LogP) is 3.83. The molecule has 4 nitrogen and oxygen atoms in total. The second kappa shape index (κ2) is 6.22. The van der Waals surface area contributed by atoms with Gasteiger partial charge < -0.3 is 14.4 Å². The van der Waals surface area contributed by atoms with Gasteiger partial charge in [0, 0.05) is 25.1 Å². The summed E-state index contributed by atoms with van der Waals surface area (Å²) in [5.41, 5.74) is -0.479. The first kappa shape index (κ1) is 16.1. The van der Waals surface area contributed by atoms with Crippen molar-refractivity contribution in [1.82, 2.24) is 4.90 Å². The third-order valence-electron chi connectivity index (χ3n) is 2.99. The van der Waals surface area contributed by atoms with Crippen LogP contribution in [0.1, 0.15) is 20.8 Å². The number of carbonyl (C=O) groups excluding carboxylic acids is 1. The van der Waals surface area contributed by atoms with E-state index >= 15 is 0 Å². The molecular weight excluding hydrogens is 341 g/mol. The minimum atomic E-state index is -0.479. The average molecular weight is 360 g/mol. The van der Waals surface area contributed by atoms with E-state index in [2.05, 4.69) is 15.9 Å². The van der Waals surface area contributed by atoms with E-state index in [1.54, 1.807) is 17.0 Å². The molecule has 2 rings (SSSR count). The first-order chi connectivity index (χ1) is 9.74. The van der Waals surface area contributed by atoms with Gasteiger partial charge in [0.15, 0.2) is 0 Å². The summed E-state index contributed by atoms with van der Waals surface area (Å²) in [5.74, 6) is 0.395. The van der Waals surface area contributed by atoms with Gasteiger partial charge in [-0.15, -0.1) is 0 Å². The van der Waals surface area contributed by atoms with E-state index in [9.17, 15) is 9.18 Å². The summed E-state index contributed by atoms with van der Waals surface area (Å²) in [4.78, 5) is 13.4. The van der Waals surface area contributed by atoms with Crippen molar-refractivity contribution in [2.75, 3.05) is 19.7 Å². The number of likely N-dealkylation sites (tertiary alicyclic amines) is 1. The van der Waals surface area contributed by atoms with Crippen LogP contribution in [-0.4, -0.2) is 36.3 Å². The number of rotatable bonds is 3. The van der Waals surface area contributed by atoms with Crippen LogP contribution < -0.4 is 4.74 Å². The molecule has 0 saturated carbocycles. The lowest BCUT2D eigenvalue weighted by Crippen LogP contribution is -2.53. The zero-order chi connectivity index (χ0) is 15.6. The molecule has 1 fully saturated rings. The molecule has 116 valence electrons. The molecule has 1 amide bonds. The molecule has 1 saturated heterocycles. The summed E-state index contributed by atoms with van der Waals surface area (Å²) in [6.07, 6.45) is -0.298. The van der Waals surface area contributed by atoms with Crippen molar-refractivity contribution in [3.63, 3.8) is 0 Å². The number of benzene rings is 1. The molecule has 0 unspecified atom stereocenters. The standard InChI is InChI=1S/C15H19BrFNO3/c1-15(2,3)21-14(19)18-7-10(8-18)9-20-11-4-5-12(16)13(17)6-11/h4-6,10H,7-9H2,1-3H3. The van der Waals surface area contributed by atoms with E-state index in [1.807, 2.05) is 20.8 Å². The second-order valence-corrected chi connectivity index (χ2v) is 6.99. The van der Waals surface area contributed by atoms with Gasteiger partial charge in [0.2, 0.25) is 0 Å². The van der Waals surface area contributed by atoms with E-state index in [0.717, 1.165) is 0 Å². The first-order valence-electron chi connectivity index (χ1n) is 6.80. The Morgan fingerprint density at radius 2 is 2.10 bits per heavy atom. The van der Waals surface area contributed by atoms with Crippen LogP contribution in [0.4, 0.5) is 9.18 Å². The molecule has 0 spiro atoms. The molecule has 0 radical (unpaired) electrons. The molecule has 0 bridgehead atoms. The Labute approximate surface area is 132 Å². The largest absolute Gasteiger partial charge is 0.493 e. The number of carbonyl (C=O) groups is 1. The fourth-order valence-corrected chi connectivity index (χ4v) is 2.18. The Bertz CT molecular complexity index is 524. The van der Waals surface area contributed by atoms with E-state index in [-0.39, 0.29) is 17.8 Å². The molecular formula is C15H19BrFNO3. The zero-order valence-corrected chi connectivity index (χ0v) is 13.9. The van der Waals surface area contributed by atoms with Crippen molar-refractivity contribution < 1.29 is 18.7 Å². The zero-order valence-electron chi connectivity index (χ0n) is 12.4. The van der Waals surface area contributed by atoms with Gasteiger partial charge in [-0.2, -0.15) is 0 Å².